The topological polar surface area (TPSA) is 69.2 Å². The van der Waals surface area contributed by atoms with Crippen LogP contribution in [0.15, 0.2) is 35.3 Å². The van der Waals surface area contributed by atoms with Gasteiger partial charge in [-0.2, -0.15) is 0 Å². The van der Waals surface area contributed by atoms with Gasteiger partial charge in [0.1, 0.15) is 0 Å². The molecule has 2 unspecified atom stereocenters. The lowest BCUT2D eigenvalue weighted by molar-refractivity contribution is -0.129. The molecule has 2 saturated heterocycles. The Balaban J connectivity index is 1.66. The van der Waals surface area contributed by atoms with Crippen molar-refractivity contribution >= 4 is 11.9 Å². The fourth-order valence-corrected chi connectivity index (χ4v) is 4.02. The maximum Gasteiger partial charge on any atom is 0.222 e. The zero-order valence-corrected chi connectivity index (χ0v) is 17.8. The molecule has 0 saturated carbocycles. The quantitative estimate of drug-likeness (QED) is 0.537. The van der Waals surface area contributed by atoms with Gasteiger partial charge < -0.3 is 20.3 Å². The van der Waals surface area contributed by atoms with Crippen molar-refractivity contribution in [3.63, 3.8) is 0 Å². The molecule has 160 valence electrons. The van der Waals surface area contributed by atoms with Crippen LogP contribution in [-0.4, -0.2) is 80.2 Å². The normalized spacial score (nSPS) is 21.8. The minimum atomic E-state index is 0.229. The first-order valence-electron chi connectivity index (χ1n) is 10.9. The van der Waals surface area contributed by atoms with E-state index < -0.39 is 0 Å². The summed E-state index contributed by atoms with van der Waals surface area (Å²) in [5.41, 5.74) is 1.29. The van der Waals surface area contributed by atoms with Crippen molar-refractivity contribution in [1.29, 1.82) is 0 Å². The van der Waals surface area contributed by atoms with Gasteiger partial charge >= 0.3 is 0 Å². The Bertz CT molecular complexity index is 660. The molecule has 1 amide bonds. The van der Waals surface area contributed by atoms with Crippen LogP contribution < -0.4 is 10.6 Å². The molecule has 0 spiro atoms. The zero-order chi connectivity index (χ0) is 20.5. The van der Waals surface area contributed by atoms with Gasteiger partial charge in [0, 0.05) is 45.2 Å². The van der Waals surface area contributed by atoms with Gasteiger partial charge in [-0.1, -0.05) is 37.3 Å². The Morgan fingerprint density at radius 3 is 2.66 bits per heavy atom. The first-order chi connectivity index (χ1) is 14.2. The van der Waals surface area contributed by atoms with E-state index in [1.54, 1.807) is 0 Å². The second kappa shape index (κ2) is 11.2. The van der Waals surface area contributed by atoms with E-state index in [1.807, 2.05) is 11.8 Å². The van der Waals surface area contributed by atoms with Crippen LogP contribution in [0.2, 0.25) is 0 Å². The van der Waals surface area contributed by atoms with Gasteiger partial charge in [0.05, 0.1) is 25.8 Å². The number of hydrogen-bond acceptors (Lipinski definition) is 4. The number of morpholine rings is 1. The van der Waals surface area contributed by atoms with Gasteiger partial charge in [0.15, 0.2) is 5.96 Å². The Kier molecular flexibility index (Phi) is 8.31. The van der Waals surface area contributed by atoms with Gasteiger partial charge in [-0.15, -0.1) is 0 Å². The summed E-state index contributed by atoms with van der Waals surface area (Å²) in [6, 6.07) is 11.1. The Morgan fingerprint density at radius 2 is 1.97 bits per heavy atom. The highest BCUT2D eigenvalue weighted by atomic mass is 16.5. The third-order valence-corrected chi connectivity index (χ3v) is 5.62. The molecule has 7 nitrogen and oxygen atoms in total. The summed E-state index contributed by atoms with van der Waals surface area (Å²) in [4.78, 5) is 21.3. The molecular formula is C22H35N5O2. The van der Waals surface area contributed by atoms with Crippen LogP contribution in [-0.2, 0) is 9.53 Å². The molecule has 0 bridgehead atoms. The van der Waals surface area contributed by atoms with Gasteiger partial charge in [0.2, 0.25) is 5.91 Å². The largest absolute Gasteiger partial charge is 0.379 e. The summed E-state index contributed by atoms with van der Waals surface area (Å²) in [5.74, 6) is 1.06. The summed E-state index contributed by atoms with van der Waals surface area (Å²) in [5, 5.41) is 6.91. The summed E-state index contributed by atoms with van der Waals surface area (Å²) >= 11 is 0. The molecule has 1 aromatic carbocycles. The van der Waals surface area contributed by atoms with E-state index >= 15 is 0 Å². The van der Waals surface area contributed by atoms with E-state index in [4.69, 9.17) is 9.73 Å². The number of aliphatic imine (C=N–C) groups is 1. The van der Waals surface area contributed by atoms with Crippen LogP contribution in [0.3, 0.4) is 0 Å². The molecular weight excluding hydrogens is 366 g/mol. The molecule has 2 heterocycles. The van der Waals surface area contributed by atoms with Crippen molar-refractivity contribution in [1.82, 2.24) is 20.4 Å². The van der Waals surface area contributed by atoms with E-state index in [0.29, 0.717) is 13.0 Å². The number of ether oxygens (including phenoxy) is 1. The van der Waals surface area contributed by atoms with Gasteiger partial charge in [-0.25, -0.2) is 0 Å². The predicted octanol–water partition coefficient (Wildman–Crippen LogP) is 1.63. The second-order valence-corrected chi connectivity index (χ2v) is 7.62. The molecule has 1 aromatic rings. The molecule has 29 heavy (non-hydrogen) atoms. The van der Waals surface area contributed by atoms with Gasteiger partial charge in [-0.05, 0) is 18.9 Å². The first kappa shape index (κ1) is 21.6. The first-order valence-corrected chi connectivity index (χ1v) is 10.9. The van der Waals surface area contributed by atoms with Crippen molar-refractivity contribution in [2.75, 3.05) is 52.5 Å². The van der Waals surface area contributed by atoms with Crippen LogP contribution in [0.4, 0.5) is 0 Å². The summed E-state index contributed by atoms with van der Waals surface area (Å²) < 4.78 is 5.54. The number of hydrogen-bond donors (Lipinski definition) is 2. The van der Waals surface area contributed by atoms with Crippen LogP contribution in [0.5, 0.6) is 0 Å². The Morgan fingerprint density at radius 1 is 1.21 bits per heavy atom. The second-order valence-electron chi connectivity index (χ2n) is 7.62. The van der Waals surface area contributed by atoms with Crippen molar-refractivity contribution < 1.29 is 9.53 Å². The number of rotatable bonds is 7. The average molecular weight is 402 g/mol. The molecule has 2 N–H and O–H groups in total. The van der Waals surface area contributed by atoms with E-state index in [1.165, 1.54) is 5.56 Å². The van der Waals surface area contributed by atoms with Gasteiger partial charge in [0.25, 0.3) is 0 Å². The molecule has 2 aliphatic heterocycles. The highest BCUT2D eigenvalue weighted by Gasteiger charge is 2.26. The number of nitrogens with one attached hydrogen (secondary N) is 2. The summed E-state index contributed by atoms with van der Waals surface area (Å²) in [7, 11) is 0. The number of guanidine groups is 1. The minimum absolute atomic E-state index is 0.229. The zero-order valence-electron chi connectivity index (χ0n) is 17.8. The highest BCUT2D eigenvalue weighted by molar-refractivity contribution is 5.80. The number of nitrogens with zero attached hydrogens (tertiary/aromatic N) is 3. The van der Waals surface area contributed by atoms with Crippen LogP contribution >= 0.6 is 0 Å². The summed E-state index contributed by atoms with van der Waals surface area (Å²) in [6.45, 7) is 10.5. The fraction of sp³-hybridized carbons (Fsp3) is 0.636. The molecule has 7 heteroatoms. The minimum Gasteiger partial charge on any atom is -0.379 e. The van der Waals surface area contributed by atoms with E-state index in [-0.39, 0.29) is 18.0 Å². The molecule has 2 fully saturated rings. The van der Waals surface area contributed by atoms with Crippen molar-refractivity contribution in [3.8, 4) is 0 Å². The lowest BCUT2D eigenvalue weighted by Gasteiger charge is -2.34. The molecule has 2 aliphatic rings. The number of likely N-dealkylation sites (tertiary alicyclic amines) is 1. The molecule has 2 atom stereocenters. The van der Waals surface area contributed by atoms with Crippen molar-refractivity contribution in [2.24, 2.45) is 4.99 Å². The number of carbonyl (C=O) groups excluding carboxylic acids is 1. The Labute approximate surface area is 174 Å². The maximum atomic E-state index is 12.0. The highest BCUT2D eigenvalue weighted by Crippen LogP contribution is 2.22. The monoisotopic (exact) mass is 401 g/mol. The van der Waals surface area contributed by atoms with Crippen molar-refractivity contribution in [3.05, 3.63) is 35.9 Å². The molecule has 0 aromatic heterocycles. The number of carbonyl (C=O) groups is 1. The third-order valence-electron chi connectivity index (χ3n) is 5.62. The Hall–Kier alpha value is -2.12. The molecule has 3 rings (SSSR count). The lowest BCUT2D eigenvalue weighted by Crippen LogP contribution is -2.46. The smallest absolute Gasteiger partial charge is 0.222 e. The third kappa shape index (κ3) is 6.18. The van der Waals surface area contributed by atoms with E-state index in [9.17, 15) is 4.79 Å². The fourth-order valence-electron chi connectivity index (χ4n) is 4.02. The number of amides is 1. The maximum absolute atomic E-state index is 12.0. The van der Waals surface area contributed by atoms with Gasteiger partial charge in [-0.3, -0.25) is 14.7 Å². The SMILES string of the molecule is CCNC(=NCC(c1ccccc1)N1CCOCC1)NC1CCN(C(=O)CC)C1. The standard InChI is InChI=1S/C22H35N5O2/c1-3-21(28)27-11-10-19(17-27)25-22(23-4-2)24-16-20(18-8-6-5-7-9-18)26-12-14-29-15-13-26/h5-9,19-20H,3-4,10-17H2,1-2H3,(H2,23,24,25). The van der Waals surface area contributed by atoms with Crippen LogP contribution in [0.1, 0.15) is 38.3 Å². The van der Waals surface area contributed by atoms with Crippen LogP contribution in [0.25, 0.3) is 0 Å². The van der Waals surface area contributed by atoms with E-state index in [0.717, 1.165) is 58.3 Å². The average Bonchev–Trinajstić information content (AvgIpc) is 3.23. The van der Waals surface area contributed by atoms with E-state index in [2.05, 4.69) is 52.8 Å². The molecule has 0 aliphatic carbocycles. The molecule has 0 radical (unpaired) electrons. The lowest BCUT2D eigenvalue weighted by atomic mass is 10.0. The summed E-state index contributed by atoms with van der Waals surface area (Å²) in [6.07, 6.45) is 1.53. The predicted molar refractivity (Wildman–Crippen MR) is 116 cm³/mol. The van der Waals surface area contributed by atoms with Crippen molar-refractivity contribution in [2.45, 2.75) is 38.8 Å². The number of benzene rings is 1. The van der Waals surface area contributed by atoms with Crippen LogP contribution in [0, 0.1) is 0 Å².